The average Bonchev–Trinajstić information content (AvgIpc) is 2.62. The summed E-state index contributed by atoms with van der Waals surface area (Å²) in [6.07, 6.45) is 0. The standard InChI is InChI=1S/C18H24N4O2/c1-3-15-13-19-7-9-23-11-12-24-10-8-20-14-16-4-2-6-18(22-16)17(5-1)21-15/h1-6,19-20H,7-14H2. The maximum absolute atomic E-state index is 5.53. The summed E-state index contributed by atoms with van der Waals surface area (Å²) in [7, 11) is 0. The molecule has 1 aliphatic rings. The van der Waals surface area contributed by atoms with Gasteiger partial charge in [0.15, 0.2) is 0 Å². The molecule has 0 radical (unpaired) electrons. The minimum Gasteiger partial charge on any atom is -0.378 e. The van der Waals surface area contributed by atoms with Crippen LogP contribution < -0.4 is 10.6 Å². The summed E-state index contributed by atoms with van der Waals surface area (Å²) in [6, 6.07) is 12.1. The van der Waals surface area contributed by atoms with Gasteiger partial charge in [-0.3, -0.25) is 0 Å². The van der Waals surface area contributed by atoms with Crippen molar-refractivity contribution in [3.05, 3.63) is 47.8 Å². The highest BCUT2D eigenvalue weighted by molar-refractivity contribution is 5.54. The molecule has 128 valence electrons. The van der Waals surface area contributed by atoms with Gasteiger partial charge in [0.05, 0.1) is 49.2 Å². The summed E-state index contributed by atoms with van der Waals surface area (Å²) in [5.74, 6) is 0. The minimum absolute atomic E-state index is 0.624. The van der Waals surface area contributed by atoms with E-state index in [2.05, 4.69) is 10.6 Å². The van der Waals surface area contributed by atoms with E-state index in [1.165, 1.54) is 0 Å². The molecule has 0 unspecified atom stereocenters. The molecule has 0 amide bonds. The van der Waals surface area contributed by atoms with Gasteiger partial charge in [0, 0.05) is 26.2 Å². The van der Waals surface area contributed by atoms with Gasteiger partial charge in [-0.05, 0) is 24.3 Å². The van der Waals surface area contributed by atoms with Crippen LogP contribution in [0.25, 0.3) is 11.4 Å². The van der Waals surface area contributed by atoms with Crippen LogP contribution in [0.15, 0.2) is 36.4 Å². The van der Waals surface area contributed by atoms with Crippen molar-refractivity contribution < 1.29 is 9.47 Å². The minimum atomic E-state index is 0.624. The highest BCUT2D eigenvalue weighted by Gasteiger charge is 2.04. The summed E-state index contributed by atoms with van der Waals surface area (Å²) in [6.45, 7) is 5.61. The molecule has 3 heterocycles. The van der Waals surface area contributed by atoms with Crippen molar-refractivity contribution in [3.63, 3.8) is 0 Å². The molecule has 4 bridgehead atoms. The van der Waals surface area contributed by atoms with Crippen LogP contribution in [0, 0.1) is 0 Å². The Bertz CT molecular complexity index is 580. The van der Waals surface area contributed by atoms with Crippen LogP contribution in [0.1, 0.15) is 11.4 Å². The fraction of sp³-hybridized carbons (Fsp3) is 0.444. The Labute approximate surface area is 142 Å². The number of ether oxygens (including phenoxy) is 2. The van der Waals surface area contributed by atoms with E-state index < -0.39 is 0 Å². The van der Waals surface area contributed by atoms with Gasteiger partial charge in [-0.15, -0.1) is 0 Å². The van der Waals surface area contributed by atoms with Crippen LogP contribution in [-0.4, -0.2) is 49.5 Å². The predicted octanol–water partition coefficient (Wildman–Crippen LogP) is 1.37. The largest absolute Gasteiger partial charge is 0.378 e. The van der Waals surface area contributed by atoms with E-state index >= 15 is 0 Å². The number of hydrogen-bond donors (Lipinski definition) is 2. The second kappa shape index (κ2) is 9.44. The van der Waals surface area contributed by atoms with Crippen molar-refractivity contribution in [1.29, 1.82) is 0 Å². The predicted molar refractivity (Wildman–Crippen MR) is 92.5 cm³/mol. The van der Waals surface area contributed by atoms with Crippen molar-refractivity contribution in [3.8, 4) is 11.4 Å². The van der Waals surface area contributed by atoms with Crippen LogP contribution >= 0.6 is 0 Å². The summed E-state index contributed by atoms with van der Waals surface area (Å²) in [4.78, 5) is 9.41. The third-order valence-electron chi connectivity index (χ3n) is 3.71. The van der Waals surface area contributed by atoms with Gasteiger partial charge in [0.2, 0.25) is 0 Å². The highest BCUT2D eigenvalue weighted by Crippen LogP contribution is 2.15. The van der Waals surface area contributed by atoms with E-state index in [9.17, 15) is 0 Å². The lowest BCUT2D eigenvalue weighted by Crippen LogP contribution is -2.23. The van der Waals surface area contributed by atoms with Crippen LogP contribution in [-0.2, 0) is 22.6 Å². The van der Waals surface area contributed by atoms with E-state index in [0.717, 1.165) is 49.0 Å². The Kier molecular flexibility index (Phi) is 6.68. The van der Waals surface area contributed by atoms with Gasteiger partial charge < -0.3 is 20.1 Å². The van der Waals surface area contributed by atoms with Gasteiger partial charge in [-0.1, -0.05) is 12.1 Å². The Morgan fingerprint density at radius 3 is 1.67 bits per heavy atom. The molecule has 6 nitrogen and oxygen atoms in total. The molecular formula is C18H24N4O2. The second-order valence-corrected chi connectivity index (χ2v) is 5.61. The third kappa shape index (κ3) is 5.35. The zero-order valence-electron chi connectivity index (χ0n) is 13.8. The van der Waals surface area contributed by atoms with Gasteiger partial charge in [-0.2, -0.15) is 0 Å². The molecule has 0 atom stereocenters. The normalized spacial score (nSPS) is 17.7. The van der Waals surface area contributed by atoms with Crippen LogP contribution in [0.3, 0.4) is 0 Å². The number of aromatic nitrogens is 2. The van der Waals surface area contributed by atoms with Crippen LogP contribution in [0.2, 0.25) is 0 Å². The molecule has 24 heavy (non-hydrogen) atoms. The molecular weight excluding hydrogens is 304 g/mol. The van der Waals surface area contributed by atoms with Crippen molar-refractivity contribution in [1.82, 2.24) is 20.6 Å². The number of nitrogens with zero attached hydrogens (tertiary/aromatic N) is 2. The zero-order valence-corrected chi connectivity index (χ0v) is 13.8. The quantitative estimate of drug-likeness (QED) is 0.761. The summed E-state index contributed by atoms with van der Waals surface area (Å²) >= 11 is 0. The maximum Gasteiger partial charge on any atom is 0.0890 e. The maximum atomic E-state index is 5.53. The molecule has 0 fully saturated rings. The Morgan fingerprint density at radius 2 is 1.17 bits per heavy atom. The zero-order chi connectivity index (χ0) is 16.5. The first kappa shape index (κ1) is 17.0. The summed E-state index contributed by atoms with van der Waals surface area (Å²) in [5.41, 5.74) is 3.80. The van der Waals surface area contributed by atoms with E-state index in [-0.39, 0.29) is 0 Å². The fourth-order valence-electron chi connectivity index (χ4n) is 2.48. The molecule has 2 aromatic heterocycles. The van der Waals surface area contributed by atoms with Crippen molar-refractivity contribution in [2.75, 3.05) is 39.5 Å². The molecule has 2 aromatic rings. The number of fused-ring (bicyclic) bond motifs is 5. The molecule has 1 aliphatic heterocycles. The molecule has 0 spiro atoms. The van der Waals surface area contributed by atoms with Crippen molar-refractivity contribution in [2.45, 2.75) is 13.1 Å². The van der Waals surface area contributed by atoms with Gasteiger partial charge in [0.1, 0.15) is 0 Å². The van der Waals surface area contributed by atoms with Gasteiger partial charge >= 0.3 is 0 Å². The third-order valence-corrected chi connectivity index (χ3v) is 3.71. The summed E-state index contributed by atoms with van der Waals surface area (Å²) < 4.78 is 11.1. The second-order valence-electron chi connectivity index (χ2n) is 5.61. The van der Waals surface area contributed by atoms with Crippen LogP contribution in [0.4, 0.5) is 0 Å². The smallest absolute Gasteiger partial charge is 0.0890 e. The lowest BCUT2D eigenvalue weighted by atomic mass is 10.2. The highest BCUT2D eigenvalue weighted by atomic mass is 16.5. The van der Waals surface area contributed by atoms with Gasteiger partial charge in [-0.25, -0.2) is 9.97 Å². The Hall–Kier alpha value is -1.86. The molecule has 0 saturated heterocycles. The summed E-state index contributed by atoms with van der Waals surface area (Å²) in [5, 5.41) is 6.69. The monoisotopic (exact) mass is 328 g/mol. The Balaban J connectivity index is 1.73. The molecule has 0 saturated carbocycles. The number of nitrogens with one attached hydrogen (secondary N) is 2. The number of rotatable bonds is 0. The molecule has 0 aromatic carbocycles. The van der Waals surface area contributed by atoms with E-state index in [0.29, 0.717) is 26.4 Å². The van der Waals surface area contributed by atoms with E-state index in [1.807, 2.05) is 36.4 Å². The van der Waals surface area contributed by atoms with Crippen LogP contribution in [0.5, 0.6) is 0 Å². The Morgan fingerprint density at radius 1 is 0.667 bits per heavy atom. The molecule has 3 rings (SSSR count). The van der Waals surface area contributed by atoms with Gasteiger partial charge in [0.25, 0.3) is 0 Å². The lowest BCUT2D eigenvalue weighted by molar-refractivity contribution is 0.0497. The SMILES string of the molecule is c1cc2nc(c1)-c1cccc(n1)CNCCOCCOCCNC2. The fourth-order valence-corrected chi connectivity index (χ4v) is 2.48. The lowest BCUT2D eigenvalue weighted by Gasteiger charge is -2.10. The molecule has 0 aliphatic carbocycles. The number of hydrogen-bond acceptors (Lipinski definition) is 6. The first-order valence-corrected chi connectivity index (χ1v) is 8.41. The topological polar surface area (TPSA) is 68.3 Å². The van der Waals surface area contributed by atoms with Crippen molar-refractivity contribution in [2.24, 2.45) is 0 Å². The first-order chi connectivity index (χ1) is 11.9. The van der Waals surface area contributed by atoms with E-state index in [4.69, 9.17) is 19.4 Å². The van der Waals surface area contributed by atoms with E-state index in [1.54, 1.807) is 0 Å². The number of pyridine rings is 2. The molecule has 2 N–H and O–H groups in total. The first-order valence-electron chi connectivity index (χ1n) is 8.41. The molecule has 6 heteroatoms. The average molecular weight is 328 g/mol. The van der Waals surface area contributed by atoms with Crippen molar-refractivity contribution >= 4 is 0 Å².